The molecule has 0 aliphatic carbocycles. The largest absolute Gasteiger partial charge is 0.493 e. The van der Waals surface area contributed by atoms with Crippen molar-refractivity contribution in [2.24, 2.45) is 0 Å². The van der Waals surface area contributed by atoms with Gasteiger partial charge in [-0.3, -0.25) is 0 Å². The number of rotatable bonds is 10. The van der Waals surface area contributed by atoms with Crippen molar-refractivity contribution >= 4 is 0 Å². The first-order valence-electron chi connectivity index (χ1n) is 8.28. The second kappa shape index (κ2) is 9.96. The molecule has 0 unspecified atom stereocenters. The Morgan fingerprint density at radius 3 is 2.54 bits per heavy atom. The van der Waals surface area contributed by atoms with Gasteiger partial charge >= 0.3 is 0 Å². The van der Waals surface area contributed by atoms with E-state index in [1.165, 1.54) is 16.7 Å². The zero-order valence-corrected chi connectivity index (χ0v) is 14.8. The molecule has 0 saturated carbocycles. The normalized spacial score (nSPS) is 10.6. The van der Waals surface area contributed by atoms with Gasteiger partial charge in [-0.1, -0.05) is 30.3 Å². The highest BCUT2D eigenvalue weighted by atomic mass is 16.5. The molecule has 0 aromatic heterocycles. The maximum Gasteiger partial charge on any atom is 0.161 e. The van der Waals surface area contributed by atoms with Crippen LogP contribution in [0, 0.1) is 6.92 Å². The summed E-state index contributed by atoms with van der Waals surface area (Å²) in [7, 11) is 3.32. The van der Waals surface area contributed by atoms with Gasteiger partial charge in [-0.2, -0.15) is 0 Å². The molecule has 24 heavy (non-hydrogen) atoms. The van der Waals surface area contributed by atoms with Crippen molar-refractivity contribution in [2.75, 3.05) is 34.0 Å². The lowest BCUT2D eigenvalue weighted by atomic mass is 10.1. The van der Waals surface area contributed by atoms with Gasteiger partial charge in [0.2, 0.25) is 0 Å². The molecule has 2 aromatic carbocycles. The summed E-state index contributed by atoms with van der Waals surface area (Å²) in [5.74, 6) is 1.50. The number of benzene rings is 2. The minimum Gasteiger partial charge on any atom is -0.493 e. The van der Waals surface area contributed by atoms with Gasteiger partial charge in [-0.05, 0) is 48.7 Å². The lowest BCUT2D eigenvalue weighted by Gasteiger charge is -2.12. The average molecular weight is 329 g/mol. The maximum absolute atomic E-state index is 5.65. The zero-order valence-electron chi connectivity index (χ0n) is 14.8. The van der Waals surface area contributed by atoms with E-state index >= 15 is 0 Å². The van der Waals surface area contributed by atoms with E-state index in [1.807, 2.05) is 12.1 Å². The Labute approximate surface area is 144 Å². The van der Waals surface area contributed by atoms with Gasteiger partial charge in [0.1, 0.15) is 6.61 Å². The fraction of sp³-hybridized carbons (Fsp3) is 0.400. The molecule has 1 N–H and O–H groups in total. The van der Waals surface area contributed by atoms with Gasteiger partial charge in [-0.25, -0.2) is 0 Å². The van der Waals surface area contributed by atoms with Crippen LogP contribution in [0.15, 0.2) is 42.5 Å². The van der Waals surface area contributed by atoms with E-state index in [9.17, 15) is 0 Å². The van der Waals surface area contributed by atoms with Crippen molar-refractivity contribution in [1.82, 2.24) is 5.32 Å². The summed E-state index contributed by atoms with van der Waals surface area (Å²) in [6, 6.07) is 14.5. The Morgan fingerprint density at radius 2 is 1.79 bits per heavy atom. The SMILES string of the molecule is COCCOc1ccc(CNCCc2ccccc2C)cc1OC. The molecule has 0 radical (unpaired) electrons. The topological polar surface area (TPSA) is 39.7 Å². The number of hydrogen-bond donors (Lipinski definition) is 1. The van der Waals surface area contributed by atoms with E-state index in [4.69, 9.17) is 14.2 Å². The molecule has 0 fully saturated rings. The fourth-order valence-electron chi connectivity index (χ4n) is 2.52. The smallest absolute Gasteiger partial charge is 0.161 e. The number of aryl methyl sites for hydroxylation is 1. The van der Waals surface area contributed by atoms with Crippen molar-refractivity contribution in [3.63, 3.8) is 0 Å². The molecule has 0 atom stereocenters. The molecule has 0 aliphatic heterocycles. The summed E-state index contributed by atoms with van der Waals surface area (Å²) in [6.45, 7) is 4.98. The molecule has 0 aliphatic rings. The van der Waals surface area contributed by atoms with E-state index < -0.39 is 0 Å². The number of nitrogens with one attached hydrogen (secondary N) is 1. The predicted octanol–water partition coefficient (Wildman–Crippen LogP) is 3.36. The molecular formula is C20H27NO3. The Kier molecular flexibility index (Phi) is 7.59. The molecule has 0 bridgehead atoms. The Bertz CT molecular complexity index is 628. The van der Waals surface area contributed by atoms with Crippen LogP contribution in [-0.2, 0) is 17.7 Å². The Morgan fingerprint density at radius 1 is 0.958 bits per heavy atom. The Hall–Kier alpha value is -2.04. The fourth-order valence-corrected chi connectivity index (χ4v) is 2.52. The summed E-state index contributed by atoms with van der Waals surface area (Å²) in [5, 5.41) is 3.48. The highest BCUT2D eigenvalue weighted by Gasteiger charge is 2.06. The lowest BCUT2D eigenvalue weighted by Crippen LogP contribution is -2.17. The third kappa shape index (κ3) is 5.55. The Balaban J connectivity index is 1.83. The molecule has 4 nitrogen and oxygen atoms in total. The van der Waals surface area contributed by atoms with Gasteiger partial charge in [-0.15, -0.1) is 0 Å². The second-order valence-electron chi connectivity index (χ2n) is 5.68. The van der Waals surface area contributed by atoms with Crippen LogP contribution < -0.4 is 14.8 Å². The van der Waals surface area contributed by atoms with Gasteiger partial charge in [0.25, 0.3) is 0 Å². The lowest BCUT2D eigenvalue weighted by molar-refractivity contribution is 0.144. The predicted molar refractivity (Wildman–Crippen MR) is 97.0 cm³/mol. The van der Waals surface area contributed by atoms with Crippen molar-refractivity contribution in [3.05, 3.63) is 59.2 Å². The third-order valence-electron chi connectivity index (χ3n) is 3.93. The average Bonchev–Trinajstić information content (AvgIpc) is 2.61. The summed E-state index contributed by atoms with van der Waals surface area (Å²) in [4.78, 5) is 0. The van der Waals surface area contributed by atoms with Crippen LogP contribution in [0.5, 0.6) is 11.5 Å². The van der Waals surface area contributed by atoms with E-state index in [1.54, 1.807) is 14.2 Å². The van der Waals surface area contributed by atoms with Crippen LogP contribution in [0.4, 0.5) is 0 Å². The molecule has 4 heteroatoms. The highest BCUT2D eigenvalue weighted by molar-refractivity contribution is 5.43. The zero-order chi connectivity index (χ0) is 17.2. The summed E-state index contributed by atoms with van der Waals surface area (Å²) in [6.07, 6.45) is 1.03. The molecular weight excluding hydrogens is 302 g/mol. The van der Waals surface area contributed by atoms with E-state index in [2.05, 4.69) is 42.6 Å². The minimum absolute atomic E-state index is 0.515. The van der Waals surface area contributed by atoms with E-state index in [0.29, 0.717) is 13.2 Å². The molecule has 0 spiro atoms. The van der Waals surface area contributed by atoms with E-state index in [-0.39, 0.29) is 0 Å². The van der Waals surface area contributed by atoms with Crippen LogP contribution in [0.1, 0.15) is 16.7 Å². The highest BCUT2D eigenvalue weighted by Crippen LogP contribution is 2.28. The first-order valence-corrected chi connectivity index (χ1v) is 8.28. The first-order chi connectivity index (χ1) is 11.7. The summed E-state index contributed by atoms with van der Waals surface area (Å²) >= 11 is 0. The summed E-state index contributed by atoms with van der Waals surface area (Å²) < 4.78 is 16.1. The first kappa shape index (κ1) is 18.3. The van der Waals surface area contributed by atoms with Crippen LogP contribution >= 0.6 is 0 Å². The quantitative estimate of drug-likeness (QED) is 0.679. The third-order valence-corrected chi connectivity index (χ3v) is 3.93. The second-order valence-corrected chi connectivity index (χ2v) is 5.68. The molecule has 0 saturated heterocycles. The van der Waals surface area contributed by atoms with Crippen LogP contribution in [0.25, 0.3) is 0 Å². The molecule has 2 rings (SSSR count). The van der Waals surface area contributed by atoms with Gasteiger partial charge in [0.05, 0.1) is 13.7 Å². The molecule has 0 amide bonds. The van der Waals surface area contributed by atoms with Crippen LogP contribution in [0.3, 0.4) is 0 Å². The minimum atomic E-state index is 0.515. The monoisotopic (exact) mass is 329 g/mol. The number of methoxy groups -OCH3 is 2. The number of hydrogen-bond acceptors (Lipinski definition) is 4. The molecule has 0 heterocycles. The molecule has 2 aromatic rings. The maximum atomic E-state index is 5.65. The standard InChI is InChI=1S/C20H27NO3/c1-16-6-4-5-7-18(16)10-11-21-15-17-8-9-19(20(14-17)23-3)24-13-12-22-2/h4-9,14,21H,10-13,15H2,1-3H3. The summed E-state index contributed by atoms with van der Waals surface area (Å²) in [5.41, 5.74) is 3.92. The van der Waals surface area contributed by atoms with Gasteiger partial charge in [0.15, 0.2) is 11.5 Å². The van der Waals surface area contributed by atoms with Crippen LogP contribution in [0.2, 0.25) is 0 Å². The molecule has 130 valence electrons. The van der Waals surface area contributed by atoms with Gasteiger partial charge in [0, 0.05) is 13.7 Å². The van der Waals surface area contributed by atoms with Crippen molar-refractivity contribution in [1.29, 1.82) is 0 Å². The van der Waals surface area contributed by atoms with Gasteiger partial charge < -0.3 is 19.5 Å². The number of ether oxygens (including phenoxy) is 3. The van der Waals surface area contributed by atoms with Crippen molar-refractivity contribution in [2.45, 2.75) is 19.9 Å². The van der Waals surface area contributed by atoms with Crippen molar-refractivity contribution < 1.29 is 14.2 Å². The van der Waals surface area contributed by atoms with Crippen LogP contribution in [-0.4, -0.2) is 34.0 Å². The van der Waals surface area contributed by atoms with E-state index in [0.717, 1.165) is 31.0 Å². The van der Waals surface area contributed by atoms with Crippen molar-refractivity contribution in [3.8, 4) is 11.5 Å².